The van der Waals surface area contributed by atoms with Gasteiger partial charge in [0.15, 0.2) is 5.78 Å². The maximum Gasteiger partial charge on any atom is 0.193 e. The van der Waals surface area contributed by atoms with Gasteiger partial charge in [-0.2, -0.15) is 0 Å². The summed E-state index contributed by atoms with van der Waals surface area (Å²) in [4.78, 5) is 15.3. The van der Waals surface area contributed by atoms with Gasteiger partial charge < -0.3 is 0 Å². The van der Waals surface area contributed by atoms with Crippen LogP contribution < -0.4 is 0 Å². The second-order valence-electron chi connectivity index (χ2n) is 17.5. The van der Waals surface area contributed by atoms with E-state index in [1.165, 1.54) is 77.9 Å². The fourth-order valence-corrected chi connectivity index (χ4v) is 11.7. The van der Waals surface area contributed by atoms with Gasteiger partial charge in [-0.1, -0.05) is 185 Å². The van der Waals surface area contributed by atoms with Crippen molar-refractivity contribution in [3.8, 4) is 55.6 Å². The van der Waals surface area contributed by atoms with Crippen molar-refractivity contribution in [3.63, 3.8) is 0 Å². The Bertz CT molecular complexity index is 3050. The Morgan fingerprint density at radius 2 is 0.684 bits per heavy atom. The van der Waals surface area contributed by atoms with E-state index in [1.807, 2.05) is 0 Å². The van der Waals surface area contributed by atoms with Gasteiger partial charge in [0.05, 0.1) is 5.41 Å². The maximum atomic E-state index is 15.3. The first kappa shape index (κ1) is 32.7. The van der Waals surface area contributed by atoms with Crippen LogP contribution in [0, 0.1) is 0 Å². The zero-order chi connectivity index (χ0) is 38.4. The van der Waals surface area contributed by atoms with Crippen LogP contribution in [0.15, 0.2) is 170 Å². The molecule has 0 aromatic heterocycles. The highest BCUT2D eigenvalue weighted by atomic mass is 16.1. The van der Waals surface area contributed by atoms with Crippen molar-refractivity contribution < 1.29 is 4.79 Å². The maximum absolute atomic E-state index is 15.3. The van der Waals surface area contributed by atoms with E-state index < -0.39 is 5.41 Å². The lowest BCUT2D eigenvalue weighted by atomic mass is 9.60. The molecule has 1 heteroatoms. The van der Waals surface area contributed by atoms with Crippen LogP contribution in [-0.4, -0.2) is 5.78 Å². The predicted octanol–water partition coefficient (Wildman–Crippen LogP) is 13.5. The highest BCUT2D eigenvalue weighted by Crippen LogP contribution is 2.61. The molecule has 270 valence electrons. The number of fused-ring (bicyclic) bond motifs is 15. The normalized spacial score (nSPS) is 16.2. The average Bonchev–Trinajstić information content (AvgIpc) is 3.78. The standard InChI is InChI=1S/C56H40O/c1-54(2)45-23-9-5-17-39(45)41-21-13-19-35(51(41)54)33-28-30-49-44(31-33)53(57)43-29-27-34(36-20-14-22-42-40-18-6-10-24-46(40)55(3,4)52(36)42)32-50(43)56(49)47-25-11-7-15-37(47)38-16-8-12-26-48(38)56/h5-32H,1-4H3. The first-order chi connectivity index (χ1) is 27.7. The van der Waals surface area contributed by atoms with Crippen molar-refractivity contribution in [2.45, 2.75) is 43.9 Å². The number of carbonyl (C=O) groups excluding carboxylic acids is 1. The van der Waals surface area contributed by atoms with Gasteiger partial charge in [-0.3, -0.25) is 4.79 Å². The third-order valence-electron chi connectivity index (χ3n) is 14.1. The molecule has 1 nitrogen and oxygen atoms in total. The first-order valence-corrected chi connectivity index (χ1v) is 20.2. The fourth-order valence-electron chi connectivity index (χ4n) is 11.7. The van der Waals surface area contributed by atoms with Gasteiger partial charge in [0.2, 0.25) is 0 Å². The Kier molecular flexibility index (Phi) is 6.33. The zero-order valence-corrected chi connectivity index (χ0v) is 32.6. The van der Waals surface area contributed by atoms with E-state index in [1.54, 1.807) is 0 Å². The molecule has 12 rings (SSSR count). The Morgan fingerprint density at radius 1 is 0.298 bits per heavy atom. The monoisotopic (exact) mass is 728 g/mol. The lowest BCUT2D eigenvalue weighted by Crippen LogP contribution is -2.36. The van der Waals surface area contributed by atoms with E-state index in [2.05, 4.69) is 198 Å². The average molecular weight is 729 g/mol. The molecule has 0 amide bonds. The molecule has 1 spiro atoms. The lowest BCUT2D eigenvalue weighted by molar-refractivity contribution is 0.103. The molecule has 0 bridgehead atoms. The molecule has 0 radical (unpaired) electrons. The molecule has 0 heterocycles. The van der Waals surface area contributed by atoms with Crippen LogP contribution in [0.4, 0.5) is 0 Å². The smallest absolute Gasteiger partial charge is 0.193 e. The van der Waals surface area contributed by atoms with E-state index in [9.17, 15) is 0 Å². The summed E-state index contributed by atoms with van der Waals surface area (Å²) in [6.07, 6.45) is 0. The summed E-state index contributed by atoms with van der Waals surface area (Å²) in [5.41, 5.74) is 22.8. The minimum atomic E-state index is -0.676. The number of carbonyl (C=O) groups is 1. The summed E-state index contributed by atoms with van der Waals surface area (Å²) in [7, 11) is 0. The summed E-state index contributed by atoms with van der Waals surface area (Å²) >= 11 is 0. The Morgan fingerprint density at radius 3 is 1.21 bits per heavy atom. The van der Waals surface area contributed by atoms with E-state index >= 15 is 4.79 Å². The summed E-state index contributed by atoms with van der Waals surface area (Å²) in [5, 5.41) is 0. The van der Waals surface area contributed by atoms with E-state index in [4.69, 9.17) is 0 Å². The second-order valence-corrected chi connectivity index (χ2v) is 17.5. The first-order valence-electron chi connectivity index (χ1n) is 20.2. The van der Waals surface area contributed by atoms with Crippen LogP contribution in [0.3, 0.4) is 0 Å². The minimum Gasteiger partial charge on any atom is -0.289 e. The van der Waals surface area contributed by atoms with Gasteiger partial charge >= 0.3 is 0 Å². The molecule has 0 N–H and O–H groups in total. The van der Waals surface area contributed by atoms with Gasteiger partial charge in [-0.15, -0.1) is 0 Å². The van der Waals surface area contributed by atoms with Crippen LogP contribution in [0.25, 0.3) is 55.6 Å². The van der Waals surface area contributed by atoms with Crippen molar-refractivity contribution >= 4 is 5.78 Å². The molecule has 0 saturated carbocycles. The van der Waals surface area contributed by atoms with Crippen LogP contribution >= 0.6 is 0 Å². The third-order valence-corrected chi connectivity index (χ3v) is 14.1. The van der Waals surface area contributed by atoms with Crippen LogP contribution in [-0.2, 0) is 16.2 Å². The van der Waals surface area contributed by atoms with E-state index in [0.29, 0.717) is 0 Å². The number of ketones is 1. The Labute approximate surface area is 334 Å². The summed E-state index contributed by atoms with van der Waals surface area (Å²) in [5.74, 6) is 0.0852. The zero-order valence-electron chi connectivity index (χ0n) is 32.6. The van der Waals surface area contributed by atoms with Gasteiger partial charge in [-0.05, 0) is 112 Å². The highest BCUT2D eigenvalue weighted by molar-refractivity contribution is 6.16. The molecule has 57 heavy (non-hydrogen) atoms. The van der Waals surface area contributed by atoms with Crippen LogP contribution in [0.2, 0.25) is 0 Å². The minimum absolute atomic E-state index is 0.0852. The molecule has 0 unspecified atom stereocenters. The summed E-state index contributed by atoms with van der Waals surface area (Å²) in [6.45, 7) is 9.37. The van der Waals surface area contributed by atoms with Crippen molar-refractivity contribution in [3.05, 3.63) is 225 Å². The fraction of sp³-hybridized carbons (Fsp3) is 0.125. The SMILES string of the molecule is CC1(C)c2ccccc2-c2cccc(-c3ccc4c(c3)C(=O)c3ccc(-c5cccc6c5C(C)(C)c5ccccc5-6)cc3C43c4ccccc4-c4ccccc43)c21. The van der Waals surface area contributed by atoms with Gasteiger partial charge in [0.25, 0.3) is 0 Å². The Hall–Kier alpha value is -6.57. The topological polar surface area (TPSA) is 17.1 Å². The quantitative estimate of drug-likeness (QED) is 0.173. The van der Waals surface area contributed by atoms with Crippen molar-refractivity contribution in [1.82, 2.24) is 0 Å². The van der Waals surface area contributed by atoms with Crippen LogP contribution in [0.5, 0.6) is 0 Å². The molecule has 0 saturated heterocycles. The largest absolute Gasteiger partial charge is 0.289 e. The number of benzene rings is 8. The third kappa shape index (κ3) is 3.97. The molecule has 4 aliphatic rings. The van der Waals surface area contributed by atoms with Gasteiger partial charge in [0.1, 0.15) is 0 Å². The molecule has 4 aliphatic carbocycles. The van der Waals surface area contributed by atoms with Gasteiger partial charge in [-0.25, -0.2) is 0 Å². The molecule has 8 aromatic rings. The number of rotatable bonds is 2. The van der Waals surface area contributed by atoms with Gasteiger partial charge in [0, 0.05) is 22.0 Å². The lowest BCUT2D eigenvalue weighted by Gasteiger charge is -2.40. The molecular weight excluding hydrogens is 689 g/mol. The molecule has 0 atom stereocenters. The highest BCUT2D eigenvalue weighted by Gasteiger charge is 2.52. The van der Waals surface area contributed by atoms with Crippen molar-refractivity contribution in [1.29, 1.82) is 0 Å². The van der Waals surface area contributed by atoms with E-state index in [0.717, 1.165) is 33.4 Å². The molecule has 0 aliphatic heterocycles. The molecule has 8 aromatic carbocycles. The van der Waals surface area contributed by atoms with Crippen molar-refractivity contribution in [2.75, 3.05) is 0 Å². The van der Waals surface area contributed by atoms with Crippen LogP contribution in [0.1, 0.15) is 88.1 Å². The number of hydrogen-bond donors (Lipinski definition) is 0. The summed E-state index contributed by atoms with van der Waals surface area (Å²) < 4.78 is 0. The molecule has 0 fully saturated rings. The second kappa shape index (κ2) is 11.1. The summed E-state index contributed by atoms with van der Waals surface area (Å²) in [6, 6.07) is 62.3. The predicted molar refractivity (Wildman–Crippen MR) is 233 cm³/mol. The van der Waals surface area contributed by atoms with Crippen molar-refractivity contribution in [2.24, 2.45) is 0 Å². The molecular formula is C56H40O. The van der Waals surface area contributed by atoms with E-state index in [-0.39, 0.29) is 16.6 Å². The Balaban J connectivity index is 1.12. The number of hydrogen-bond acceptors (Lipinski definition) is 1.